The van der Waals surface area contributed by atoms with Gasteiger partial charge in [-0.15, -0.1) is 0 Å². The van der Waals surface area contributed by atoms with Crippen LogP contribution < -0.4 is 0 Å². The maximum atomic E-state index is 4.62. The first-order chi connectivity index (χ1) is 5.57. The van der Waals surface area contributed by atoms with Crippen molar-refractivity contribution in [2.75, 3.05) is 0 Å². The smallest absolute Gasteiger partial charge is 0.142 e. The first-order valence-electron chi connectivity index (χ1n) is 4.69. The minimum absolute atomic E-state index is 0.174. The molecule has 0 N–H and O–H groups in total. The lowest BCUT2D eigenvalue weighted by atomic mass is 9.91. The summed E-state index contributed by atoms with van der Waals surface area (Å²) in [6.07, 6.45) is 4.88. The zero-order valence-electron chi connectivity index (χ0n) is 8.04. The van der Waals surface area contributed by atoms with Crippen LogP contribution in [-0.2, 0) is 0 Å². The molecule has 0 aromatic rings. The van der Waals surface area contributed by atoms with Crippen molar-refractivity contribution in [3.63, 3.8) is 0 Å². The zero-order chi connectivity index (χ0) is 8.77. The maximum Gasteiger partial charge on any atom is 0.142 e. The highest BCUT2D eigenvalue weighted by molar-refractivity contribution is 6.33. The van der Waals surface area contributed by atoms with E-state index in [4.69, 9.17) is 0 Å². The summed E-state index contributed by atoms with van der Waals surface area (Å²) in [5.74, 6) is 0.765. The Bertz CT molecular complexity index is 241. The summed E-state index contributed by atoms with van der Waals surface area (Å²) in [4.78, 5) is 9.03. The van der Waals surface area contributed by atoms with E-state index in [1.165, 1.54) is 18.6 Å². The van der Waals surface area contributed by atoms with Gasteiger partial charge in [0.1, 0.15) is 6.17 Å². The number of nitrogens with zero attached hydrogens (tertiary/aromatic N) is 2. The van der Waals surface area contributed by atoms with E-state index in [0.717, 1.165) is 5.92 Å². The van der Waals surface area contributed by atoms with Crippen molar-refractivity contribution in [1.29, 1.82) is 0 Å². The highest BCUT2D eigenvalue weighted by Crippen LogP contribution is 2.37. The van der Waals surface area contributed by atoms with Crippen molar-refractivity contribution in [1.82, 2.24) is 0 Å². The van der Waals surface area contributed by atoms with Gasteiger partial charge in [0.05, 0.1) is 5.71 Å². The van der Waals surface area contributed by atoms with E-state index in [1.807, 2.05) is 6.21 Å². The molecule has 2 nitrogen and oxygen atoms in total. The highest BCUT2D eigenvalue weighted by Gasteiger charge is 2.34. The number of hydrogen-bond donors (Lipinski definition) is 0. The Hall–Kier alpha value is -0.660. The van der Waals surface area contributed by atoms with Crippen molar-refractivity contribution >= 4 is 11.9 Å². The lowest BCUT2D eigenvalue weighted by Gasteiger charge is -2.15. The first kappa shape index (κ1) is 7.96. The van der Waals surface area contributed by atoms with Crippen LogP contribution in [0.1, 0.15) is 33.6 Å². The normalized spacial score (nSPS) is 29.2. The maximum absolute atomic E-state index is 4.62. The molecule has 2 aliphatic rings. The molecule has 1 unspecified atom stereocenters. The Morgan fingerprint density at radius 1 is 1.33 bits per heavy atom. The van der Waals surface area contributed by atoms with Gasteiger partial charge in [0, 0.05) is 17.5 Å². The van der Waals surface area contributed by atoms with E-state index in [1.54, 1.807) is 0 Å². The zero-order valence-corrected chi connectivity index (χ0v) is 8.04. The van der Waals surface area contributed by atoms with Crippen LogP contribution in [0.3, 0.4) is 0 Å². The van der Waals surface area contributed by atoms with Crippen LogP contribution in [0.15, 0.2) is 9.98 Å². The Kier molecular flexibility index (Phi) is 1.60. The average molecular weight is 164 g/mol. The van der Waals surface area contributed by atoms with E-state index >= 15 is 0 Å². The molecule has 1 heterocycles. The summed E-state index contributed by atoms with van der Waals surface area (Å²) in [6.45, 7) is 6.56. The van der Waals surface area contributed by atoms with E-state index in [0.29, 0.717) is 0 Å². The molecule has 0 bridgehead atoms. The quantitative estimate of drug-likeness (QED) is 0.568. The van der Waals surface area contributed by atoms with Gasteiger partial charge in [0.2, 0.25) is 0 Å². The number of hydrogen-bond acceptors (Lipinski definition) is 2. The van der Waals surface area contributed by atoms with Crippen molar-refractivity contribution < 1.29 is 0 Å². The van der Waals surface area contributed by atoms with Crippen molar-refractivity contribution in [2.45, 2.75) is 39.8 Å². The van der Waals surface area contributed by atoms with Crippen molar-refractivity contribution in [2.24, 2.45) is 21.3 Å². The Morgan fingerprint density at radius 3 is 2.42 bits per heavy atom. The predicted octanol–water partition coefficient (Wildman–Crippen LogP) is 2.29. The molecule has 0 radical (unpaired) electrons. The lowest BCUT2D eigenvalue weighted by Crippen LogP contribution is -2.20. The molecule has 0 amide bonds. The Morgan fingerprint density at radius 2 is 2.00 bits per heavy atom. The third-order valence-corrected chi connectivity index (χ3v) is 2.43. The summed E-state index contributed by atoms with van der Waals surface area (Å²) in [6, 6.07) is 0. The third kappa shape index (κ3) is 1.43. The molecule has 1 fully saturated rings. The largest absolute Gasteiger partial charge is 0.264 e. The molecule has 0 aromatic carbocycles. The summed E-state index contributed by atoms with van der Waals surface area (Å²) in [5.41, 5.74) is 1.34. The van der Waals surface area contributed by atoms with Crippen LogP contribution in [-0.4, -0.2) is 18.1 Å². The predicted molar refractivity (Wildman–Crippen MR) is 51.9 cm³/mol. The molecular weight excluding hydrogens is 148 g/mol. The second-order valence-corrected chi connectivity index (χ2v) is 4.79. The monoisotopic (exact) mass is 164 g/mol. The fourth-order valence-electron chi connectivity index (χ4n) is 1.36. The minimum atomic E-state index is 0.174. The molecule has 0 saturated heterocycles. The van der Waals surface area contributed by atoms with Crippen LogP contribution >= 0.6 is 0 Å². The SMILES string of the molecule is CC(C)(C)C1=NC(C2CC2)N=C1. The highest BCUT2D eigenvalue weighted by atomic mass is 15.1. The third-order valence-electron chi connectivity index (χ3n) is 2.43. The van der Waals surface area contributed by atoms with Crippen LogP contribution in [0.2, 0.25) is 0 Å². The van der Waals surface area contributed by atoms with Crippen LogP contribution in [0.5, 0.6) is 0 Å². The fraction of sp³-hybridized carbons (Fsp3) is 0.800. The van der Waals surface area contributed by atoms with Gasteiger partial charge in [-0.3, -0.25) is 9.98 Å². The molecule has 1 saturated carbocycles. The molecule has 2 rings (SSSR count). The molecule has 1 aliphatic heterocycles. The van der Waals surface area contributed by atoms with E-state index in [9.17, 15) is 0 Å². The summed E-state index contributed by atoms with van der Waals surface area (Å²) in [5, 5.41) is 0. The molecule has 0 aromatic heterocycles. The molecule has 1 aliphatic carbocycles. The second-order valence-electron chi connectivity index (χ2n) is 4.79. The van der Waals surface area contributed by atoms with E-state index < -0.39 is 0 Å². The van der Waals surface area contributed by atoms with Gasteiger partial charge in [-0.1, -0.05) is 20.8 Å². The van der Waals surface area contributed by atoms with Gasteiger partial charge >= 0.3 is 0 Å². The van der Waals surface area contributed by atoms with Crippen molar-refractivity contribution in [3.05, 3.63) is 0 Å². The van der Waals surface area contributed by atoms with Crippen LogP contribution in [0, 0.1) is 11.3 Å². The van der Waals surface area contributed by atoms with Gasteiger partial charge in [-0.25, -0.2) is 0 Å². The fourth-order valence-corrected chi connectivity index (χ4v) is 1.36. The summed E-state index contributed by atoms with van der Waals surface area (Å²) >= 11 is 0. The van der Waals surface area contributed by atoms with Gasteiger partial charge in [-0.2, -0.15) is 0 Å². The number of rotatable bonds is 1. The van der Waals surface area contributed by atoms with Gasteiger partial charge < -0.3 is 0 Å². The summed E-state index contributed by atoms with van der Waals surface area (Å²) < 4.78 is 0. The molecule has 1 atom stereocenters. The van der Waals surface area contributed by atoms with E-state index in [2.05, 4.69) is 30.8 Å². The summed E-state index contributed by atoms with van der Waals surface area (Å²) in [7, 11) is 0. The van der Waals surface area contributed by atoms with Crippen LogP contribution in [0.4, 0.5) is 0 Å². The minimum Gasteiger partial charge on any atom is -0.264 e. The Labute approximate surface area is 73.8 Å². The molecule has 66 valence electrons. The Balaban J connectivity index is 2.10. The van der Waals surface area contributed by atoms with Crippen molar-refractivity contribution in [3.8, 4) is 0 Å². The molecular formula is C10H16N2. The lowest BCUT2D eigenvalue weighted by molar-refractivity contribution is 0.582. The molecule has 12 heavy (non-hydrogen) atoms. The van der Waals surface area contributed by atoms with Gasteiger partial charge in [0.25, 0.3) is 0 Å². The molecule has 0 spiro atoms. The topological polar surface area (TPSA) is 24.7 Å². The van der Waals surface area contributed by atoms with E-state index in [-0.39, 0.29) is 11.6 Å². The van der Waals surface area contributed by atoms with Gasteiger partial charge in [-0.05, 0) is 12.8 Å². The second kappa shape index (κ2) is 2.41. The van der Waals surface area contributed by atoms with Crippen LogP contribution in [0.25, 0.3) is 0 Å². The number of aliphatic imine (C=N–C) groups is 2. The molecule has 2 heteroatoms. The average Bonchev–Trinajstić information content (AvgIpc) is 2.66. The standard InChI is InChI=1S/C10H16N2/c1-10(2,3)8-6-11-9(12-8)7-4-5-7/h6-7,9H,4-5H2,1-3H3. The first-order valence-corrected chi connectivity index (χ1v) is 4.69. The van der Waals surface area contributed by atoms with Gasteiger partial charge in [0.15, 0.2) is 0 Å².